The van der Waals surface area contributed by atoms with Gasteiger partial charge < -0.3 is 4.74 Å². The first kappa shape index (κ1) is 12.2. The predicted octanol–water partition coefficient (Wildman–Crippen LogP) is 2.04. The van der Waals surface area contributed by atoms with E-state index < -0.39 is 0 Å². The maximum atomic E-state index is 10.6. The smallest absolute Gasteiger partial charge is 0.330 e. The molecule has 3 nitrogen and oxygen atoms in total. The van der Waals surface area contributed by atoms with Gasteiger partial charge in [0.2, 0.25) is 5.24 Å². The standard InChI is InChI=1S/C9H13ClO3/c1-13-9(12)7-5-3-2-4-6-8(10)11/h5,7H,2-4,6H2,1H3/b7-5+. The van der Waals surface area contributed by atoms with Gasteiger partial charge in [-0.2, -0.15) is 0 Å². The van der Waals surface area contributed by atoms with E-state index >= 15 is 0 Å². The lowest BCUT2D eigenvalue weighted by molar-refractivity contribution is -0.134. The van der Waals surface area contributed by atoms with Gasteiger partial charge in [-0.3, -0.25) is 4.79 Å². The third kappa shape index (κ3) is 9.08. The van der Waals surface area contributed by atoms with Crippen molar-refractivity contribution in [3.05, 3.63) is 12.2 Å². The average Bonchev–Trinajstić information content (AvgIpc) is 2.10. The number of ether oxygens (including phenoxy) is 1. The van der Waals surface area contributed by atoms with Crippen LogP contribution in [0, 0.1) is 0 Å². The van der Waals surface area contributed by atoms with Gasteiger partial charge in [0.15, 0.2) is 0 Å². The molecule has 0 aliphatic carbocycles. The molecule has 0 heterocycles. The first-order valence-corrected chi connectivity index (χ1v) is 4.47. The third-order valence-electron chi connectivity index (χ3n) is 1.45. The lowest BCUT2D eigenvalue weighted by Gasteiger charge is -1.92. The Bertz CT molecular complexity index is 199. The molecule has 0 bridgehead atoms. The van der Waals surface area contributed by atoms with E-state index in [1.807, 2.05) is 0 Å². The summed E-state index contributed by atoms with van der Waals surface area (Å²) < 4.78 is 4.39. The SMILES string of the molecule is COC(=O)/C=C/CCCCC(=O)Cl. The highest BCUT2D eigenvalue weighted by Gasteiger charge is 1.94. The largest absolute Gasteiger partial charge is 0.466 e. The van der Waals surface area contributed by atoms with Crippen molar-refractivity contribution in [3.8, 4) is 0 Å². The van der Waals surface area contributed by atoms with Crippen LogP contribution < -0.4 is 0 Å². The van der Waals surface area contributed by atoms with Crippen LogP contribution in [0.4, 0.5) is 0 Å². The predicted molar refractivity (Wildman–Crippen MR) is 50.5 cm³/mol. The van der Waals surface area contributed by atoms with E-state index in [1.165, 1.54) is 13.2 Å². The molecular formula is C9H13ClO3. The Morgan fingerprint density at radius 1 is 1.38 bits per heavy atom. The zero-order valence-corrected chi connectivity index (χ0v) is 8.34. The van der Waals surface area contributed by atoms with Crippen LogP contribution in [0.1, 0.15) is 25.7 Å². The Kier molecular flexibility index (Phi) is 7.30. The van der Waals surface area contributed by atoms with Gasteiger partial charge in [0, 0.05) is 12.5 Å². The second-order valence-electron chi connectivity index (χ2n) is 2.53. The molecule has 0 N–H and O–H groups in total. The van der Waals surface area contributed by atoms with E-state index in [-0.39, 0.29) is 11.2 Å². The van der Waals surface area contributed by atoms with E-state index in [2.05, 4.69) is 4.74 Å². The fraction of sp³-hybridized carbons (Fsp3) is 0.556. The summed E-state index contributed by atoms with van der Waals surface area (Å²) >= 11 is 5.13. The highest BCUT2D eigenvalue weighted by Crippen LogP contribution is 2.02. The molecule has 0 rings (SSSR count). The van der Waals surface area contributed by atoms with Crippen molar-refractivity contribution >= 4 is 22.8 Å². The Hall–Kier alpha value is -0.830. The Morgan fingerprint density at radius 3 is 2.62 bits per heavy atom. The van der Waals surface area contributed by atoms with Crippen LogP contribution in [-0.2, 0) is 14.3 Å². The molecule has 0 radical (unpaired) electrons. The van der Waals surface area contributed by atoms with Gasteiger partial charge in [-0.05, 0) is 30.9 Å². The van der Waals surface area contributed by atoms with Crippen molar-refractivity contribution in [2.75, 3.05) is 7.11 Å². The number of carbonyl (C=O) groups is 2. The van der Waals surface area contributed by atoms with Crippen LogP contribution in [0.3, 0.4) is 0 Å². The highest BCUT2D eigenvalue weighted by molar-refractivity contribution is 6.63. The number of carbonyl (C=O) groups excluding carboxylic acids is 2. The Labute approximate surface area is 82.7 Å². The molecule has 0 aliphatic heterocycles. The topological polar surface area (TPSA) is 43.4 Å². The number of rotatable bonds is 6. The molecular weight excluding hydrogens is 192 g/mol. The number of unbranched alkanes of at least 4 members (excludes halogenated alkanes) is 2. The van der Waals surface area contributed by atoms with Gasteiger partial charge in [0.25, 0.3) is 0 Å². The normalized spacial score (nSPS) is 10.3. The molecule has 0 amide bonds. The van der Waals surface area contributed by atoms with Gasteiger partial charge in [0.05, 0.1) is 7.11 Å². The molecule has 0 spiro atoms. The Balaban J connectivity index is 3.30. The van der Waals surface area contributed by atoms with Gasteiger partial charge in [0.1, 0.15) is 0 Å². The maximum absolute atomic E-state index is 10.6. The molecule has 0 saturated heterocycles. The molecule has 0 atom stereocenters. The van der Waals surface area contributed by atoms with Crippen LogP contribution in [0.2, 0.25) is 0 Å². The second kappa shape index (κ2) is 7.80. The van der Waals surface area contributed by atoms with Gasteiger partial charge >= 0.3 is 5.97 Å². The molecule has 0 aromatic carbocycles. The first-order valence-electron chi connectivity index (χ1n) is 4.09. The van der Waals surface area contributed by atoms with Gasteiger partial charge in [-0.15, -0.1) is 0 Å². The molecule has 74 valence electrons. The number of methoxy groups -OCH3 is 1. The molecule has 4 heteroatoms. The van der Waals surface area contributed by atoms with E-state index in [0.717, 1.165) is 19.3 Å². The molecule has 0 aliphatic rings. The molecule has 0 saturated carbocycles. The van der Waals surface area contributed by atoms with Crippen molar-refractivity contribution < 1.29 is 14.3 Å². The van der Waals surface area contributed by atoms with E-state index in [1.54, 1.807) is 6.08 Å². The number of hydrogen-bond acceptors (Lipinski definition) is 3. The summed E-state index contributed by atoms with van der Waals surface area (Å²) in [4.78, 5) is 20.9. The summed E-state index contributed by atoms with van der Waals surface area (Å²) in [5.74, 6) is -0.353. The Morgan fingerprint density at radius 2 is 2.08 bits per heavy atom. The summed E-state index contributed by atoms with van der Waals surface area (Å²) in [6.07, 6.45) is 5.87. The van der Waals surface area contributed by atoms with Crippen molar-refractivity contribution in [2.24, 2.45) is 0 Å². The molecule has 0 unspecified atom stereocenters. The number of allylic oxidation sites excluding steroid dienone is 1. The molecule has 0 aromatic rings. The van der Waals surface area contributed by atoms with Crippen LogP contribution in [0.15, 0.2) is 12.2 Å². The number of esters is 1. The third-order valence-corrected chi connectivity index (χ3v) is 1.64. The minimum Gasteiger partial charge on any atom is -0.466 e. The molecule has 0 aromatic heterocycles. The summed E-state index contributed by atoms with van der Waals surface area (Å²) in [5.41, 5.74) is 0. The number of halogens is 1. The van der Waals surface area contributed by atoms with Crippen molar-refractivity contribution in [1.82, 2.24) is 0 Å². The minimum atomic E-state index is -0.353. The lowest BCUT2D eigenvalue weighted by Crippen LogP contribution is -1.93. The van der Waals surface area contributed by atoms with Gasteiger partial charge in [-0.1, -0.05) is 6.08 Å². The van der Waals surface area contributed by atoms with E-state index in [4.69, 9.17) is 11.6 Å². The van der Waals surface area contributed by atoms with E-state index in [9.17, 15) is 9.59 Å². The van der Waals surface area contributed by atoms with E-state index in [0.29, 0.717) is 6.42 Å². The second-order valence-corrected chi connectivity index (χ2v) is 2.95. The monoisotopic (exact) mass is 204 g/mol. The summed E-state index contributed by atoms with van der Waals surface area (Å²) in [5, 5.41) is -0.308. The van der Waals surface area contributed by atoms with Crippen molar-refractivity contribution in [3.63, 3.8) is 0 Å². The lowest BCUT2D eigenvalue weighted by atomic mass is 10.2. The quantitative estimate of drug-likeness (QED) is 0.288. The fourth-order valence-corrected chi connectivity index (χ4v) is 0.907. The number of hydrogen-bond donors (Lipinski definition) is 0. The highest BCUT2D eigenvalue weighted by atomic mass is 35.5. The van der Waals surface area contributed by atoms with Crippen LogP contribution in [0.5, 0.6) is 0 Å². The van der Waals surface area contributed by atoms with Crippen molar-refractivity contribution in [1.29, 1.82) is 0 Å². The van der Waals surface area contributed by atoms with Crippen LogP contribution in [0.25, 0.3) is 0 Å². The summed E-state index contributed by atoms with van der Waals surface area (Å²) in [7, 11) is 1.33. The van der Waals surface area contributed by atoms with Crippen LogP contribution >= 0.6 is 11.6 Å². The van der Waals surface area contributed by atoms with Crippen molar-refractivity contribution in [2.45, 2.75) is 25.7 Å². The minimum absolute atomic E-state index is 0.308. The zero-order chi connectivity index (χ0) is 10.1. The summed E-state index contributed by atoms with van der Waals surface area (Å²) in [6, 6.07) is 0. The zero-order valence-electron chi connectivity index (χ0n) is 7.59. The molecule has 13 heavy (non-hydrogen) atoms. The maximum Gasteiger partial charge on any atom is 0.330 e. The fourth-order valence-electron chi connectivity index (χ4n) is 0.774. The average molecular weight is 205 g/mol. The summed E-state index contributed by atoms with van der Waals surface area (Å²) in [6.45, 7) is 0. The van der Waals surface area contributed by atoms with Gasteiger partial charge in [-0.25, -0.2) is 4.79 Å². The molecule has 0 fully saturated rings. The first-order chi connectivity index (χ1) is 6.16. The van der Waals surface area contributed by atoms with Crippen LogP contribution in [-0.4, -0.2) is 18.3 Å².